The molecule has 3 aromatic rings. The molecule has 4 aliphatic rings. The molecule has 1 aromatic carbocycles. The Morgan fingerprint density at radius 2 is 1.68 bits per heavy atom. The number of nitrogens with zero attached hydrogens (tertiary/aromatic N) is 4. The van der Waals surface area contributed by atoms with Crippen LogP contribution in [0.15, 0.2) is 30.3 Å². The second-order valence-corrected chi connectivity index (χ2v) is 9.83. The number of benzene rings is 1. The molecule has 0 unspecified atom stereocenters. The Labute approximate surface area is 178 Å². The van der Waals surface area contributed by atoms with Crippen molar-refractivity contribution in [3.8, 4) is 0 Å². The summed E-state index contributed by atoms with van der Waals surface area (Å²) >= 11 is 0. The van der Waals surface area contributed by atoms with Crippen molar-refractivity contribution in [1.82, 2.24) is 19.6 Å². The van der Waals surface area contributed by atoms with Gasteiger partial charge in [-0.05, 0) is 81.4 Å². The molecule has 0 amide bonds. The molecule has 2 aromatic heterocycles. The first-order valence-corrected chi connectivity index (χ1v) is 11.0. The predicted molar refractivity (Wildman–Crippen MR) is 110 cm³/mol. The van der Waals surface area contributed by atoms with Gasteiger partial charge in [0.25, 0.3) is 5.78 Å². The van der Waals surface area contributed by atoms with Crippen molar-refractivity contribution >= 4 is 17.3 Å². The lowest BCUT2D eigenvalue weighted by Gasteiger charge is -2.55. The first-order chi connectivity index (χ1) is 14.8. The molecule has 2 heterocycles. The number of halogens is 3. The van der Waals surface area contributed by atoms with Gasteiger partial charge < -0.3 is 5.32 Å². The number of aromatic nitrogens is 4. The number of aryl methyl sites for hydroxylation is 1. The molecule has 31 heavy (non-hydrogen) atoms. The van der Waals surface area contributed by atoms with Crippen LogP contribution in [0.2, 0.25) is 0 Å². The number of hydrogen-bond donors (Lipinski definition) is 1. The first kappa shape index (κ1) is 19.1. The average Bonchev–Trinajstić information content (AvgIpc) is 3.12. The van der Waals surface area contributed by atoms with E-state index in [1.807, 2.05) is 6.92 Å². The van der Waals surface area contributed by atoms with Crippen LogP contribution in [0.25, 0.3) is 5.78 Å². The van der Waals surface area contributed by atoms with Gasteiger partial charge in [0.2, 0.25) is 0 Å². The van der Waals surface area contributed by atoms with E-state index in [2.05, 4.69) is 10.3 Å². The quantitative estimate of drug-likeness (QED) is 0.586. The van der Waals surface area contributed by atoms with Crippen LogP contribution in [0.5, 0.6) is 0 Å². The number of nitrogens with one attached hydrogen (secondary N) is 1. The molecule has 0 aliphatic heterocycles. The molecule has 7 rings (SSSR count). The van der Waals surface area contributed by atoms with Gasteiger partial charge >= 0.3 is 6.18 Å². The lowest BCUT2D eigenvalue weighted by Crippen LogP contribution is -2.49. The zero-order chi connectivity index (χ0) is 21.4. The second kappa shape index (κ2) is 6.43. The van der Waals surface area contributed by atoms with Crippen molar-refractivity contribution < 1.29 is 13.2 Å². The molecule has 4 fully saturated rings. The molecule has 0 atom stereocenters. The van der Waals surface area contributed by atoms with E-state index in [4.69, 9.17) is 10.1 Å². The molecule has 4 saturated carbocycles. The van der Waals surface area contributed by atoms with Gasteiger partial charge in [-0.15, -0.1) is 5.10 Å². The minimum absolute atomic E-state index is 0.0316. The van der Waals surface area contributed by atoms with Crippen LogP contribution in [0, 0.1) is 24.7 Å². The zero-order valence-electron chi connectivity index (χ0n) is 17.3. The van der Waals surface area contributed by atoms with E-state index in [1.165, 1.54) is 25.3 Å². The number of alkyl halides is 3. The van der Waals surface area contributed by atoms with E-state index in [-0.39, 0.29) is 5.41 Å². The van der Waals surface area contributed by atoms with E-state index in [1.54, 1.807) is 16.6 Å². The lowest BCUT2D eigenvalue weighted by atomic mass is 9.49. The summed E-state index contributed by atoms with van der Waals surface area (Å²) in [5.41, 5.74) is 0.441. The third-order valence-electron chi connectivity index (χ3n) is 7.42. The average molecular weight is 427 g/mol. The highest BCUT2D eigenvalue weighted by molar-refractivity contribution is 5.60. The fraction of sp³-hybridized carbons (Fsp3) is 0.522. The van der Waals surface area contributed by atoms with Gasteiger partial charge in [0.05, 0.1) is 5.56 Å². The van der Waals surface area contributed by atoms with Crippen LogP contribution in [0.4, 0.5) is 24.7 Å². The van der Waals surface area contributed by atoms with Gasteiger partial charge in [0, 0.05) is 22.9 Å². The van der Waals surface area contributed by atoms with E-state index in [0.717, 1.165) is 60.7 Å². The van der Waals surface area contributed by atoms with Gasteiger partial charge in [0.1, 0.15) is 5.82 Å². The van der Waals surface area contributed by atoms with Crippen LogP contribution in [-0.4, -0.2) is 19.6 Å². The highest BCUT2D eigenvalue weighted by Gasteiger charge is 2.53. The highest BCUT2D eigenvalue weighted by atomic mass is 19.4. The number of anilines is 2. The Morgan fingerprint density at radius 1 is 1.00 bits per heavy atom. The molecule has 162 valence electrons. The topological polar surface area (TPSA) is 55.1 Å². The summed E-state index contributed by atoms with van der Waals surface area (Å²) < 4.78 is 41.0. The summed E-state index contributed by atoms with van der Waals surface area (Å²) in [6, 6.07) is 7.00. The van der Waals surface area contributed by atoms with Crippen molar-refractivity contribution in [2.75, 3.05) is 5.32 Å². The third kappa shape index (κ3) is 3.18. The monoisotopic (exact) mass is 427 g/mol. The highest BCUT2D eigenvalue weighted by Crippen LogP contribution is 2.60. The molecule has 4 bridgehead atoms. The molecular weight excluding hydrogens is 403 g/mol. The van der Waals surface area contributed by atoms with E-state index in [9.17, 15) is 13.2 Å². The largest absolute Gasteiger partial charge is 0.416 e. The van der Waals surface area contributed by atoms with E-state index < -0.39 is 11.7 Å². The molecule has 0 saturated heterocycles. The van der Waals surface area contributed by atoms with Crippen LogP contribution in [-0.2, 0) is 11.6 Å². The van der Waals surface area contributed by atoms with Gasteiger partial charge in [-0.3, -0.25) is 0 Å². The Hall–Kier alpha value is -2.64. The van der Waals surface area contributed by atoms with Gasteiger partial charge in [-0.1, -0.05) is 6.07 Å². The van der Waals surface area contributed by atoms with Crippen molar-refractivity contribution in [1.29, 1.82) is 0 Å². The minimum Gasteiger partial charge on any atom is -0.340 e. The molecule has 0 spiro atoms. The fourth-order valence-corrected chi connectivity index (χ4v) is 6.61. The first-order valence-electron chi connectivity index (χ1n) is 11.0. The molecule has 4 aliphatic carbocycles. The minimum atomic E-state index is -4.39. The standard InChI is InChI=1S/C23H24F3N5/c1-13-5-19(28-18-4-2-3-17(9-18)23(24,25)26)31-21(27-13)29-20(30-31)22-10-14-6-15(11-22)8-16(7-14)12-22/h2-5,9,14-16,28H,6-8,10-12H2,1H3. The summed E-state index contributed by atoms with van der Waals surface area (Å²) in [5, 5.41) is 7.98. The molecule has 1 N–H and O–H groups in total. The maximum absolute atomic E-state index is 13.1. The number of hydrogen-bond acceptors (Lipinski definition) is 4. The van der Waals surface area contributed by atoms with Crippen LogP contribution < -0.4 is 5.32 Å². The molecule has 0 radical (unpaired) electrons. The molecular formula is C23H24F3N5. The Kier molecular flexibility index (Phi) is 3.96. The number of fused-ring (bicyclic) bond motifs is 1. The predicted octanol–water partition coefficient (Wildman–Crippen LogP) is 5.66. The van der Waals surface area contributed by atoms with Crippen LogP contribution in [0.1, 0.15) is 55.6 Å². The summed E-state index contributed by atoms with van der Waals surface area (Å²) in [6.45, 7) is 1.86. The summed E-state index contributed by atoms with van der Waals surface area (Å²) in [4.78, 5) is 9.40. The fourth-order valence-electron chi connectivity index (χ4n) is 6.61. The molecule has 8 heteroatoms. The Balaban J connectivity index is 1.39. The maximum Gasteiger partial charge on any atom is 0.416 e. The maximum atomic E-state index is 13.1. The van der Waals surface area contributed by atoms with Gasteiger partial charge in [0.15, 0.2) is 5.82 Å². The third-order valence-corrected chi connectivity index (χ3v) is 7.42. The Bertz CT molecular complexity index is 1130. The van der Waals surface area contributed by atoms with Crippen molar-refractivity contribution in [2.24, 2.45) is 17.8 Å². The van der Waals surface area contributed by atoms with Crippen molar-refractivity contribution in [3.05, 3.63) is 47.4 Å². The summed E-state index contributed by atoms with van der Waals surface area (Å²) in [7, 11) is 0. The molecule has 5 nitrogen and oxygen atoms in total. The summed E-state index contributed by atoms with van der Waals surface area (Å²) in [5.74, 6) is 4.25. The van der Waals surface area contributed by atoms with Gasteiger partial charge in [-0.25, -0.2) is 4.98 Å². The zero-order valence-corrected chi connectivity index (χ0v) is 17.3. The normalized spacial score (nSPS) is 29.6. The SMILES string of the molecule is Cc1cc(Nc2cccc(C(F)(F)F)c2)n2nc(C34CC5CC(CC(C5)C3)C4)nc2n1. The van der Waals surface area contributed by atoms with Crippen LogP contribution in [0.3, 0.4) is 0 Å². The Morgan fingerprint density at radius 3 is 2.32 bits per heavy atom. The lowest BCUT2D eigenvalue weighted by molar-refractivity contribution is -0.137. The van der Waals surface area contributed by atoms with Crippen LogP contribution >= 0.6 is 0 Å². The van der Waals surface area contributed by atoms with E-state index in [0.29, 0.717) is 17.3 Å². The van der Waals surface area contributed by atoms with Crippen molar-refractivity contribution in [2.45, 2.75) is 57.0 Å². The smallest absolute Gasteiger partial charge is 0.340 e. The van der Waals surface area contributed by atoms with Gasteiger partial charge in [-0.2, -0.15) is 22.7 Å². The number of rotatable bonds is 3. The summed E-state index contributed by atoms with van der Waals surface area (Å²) in [6.07, 6.45) is 3.06. The van der Waals surface area contributed by atoms with E-state index >= 15 is 0 Å². The second-order valence-electron chi connectivity index (χ2n) is 9.83. The van der Waals surface area contributed by atoms with Crippen molar-refractivity contribution in [3.63, 3.8) is 0 Å².